The number of anilines is 2. The van der Waals surface area contributed by atoms with E-state index in [9.17, 15) is 9.59 Å². The van der Waals surface area contributed by atoms with E-state index in [1.165, 1.54) is 0 Å². The van der Waals surface area contributed by atoms with Crippen LogP contribution in [0.1, 0.15) is 16.7 Å². The molecule has 1 aromatic heterocycles. The second kappa shape index (κ2) is 11.1. The van der Waals surface area contributed by atoms with Crippen molar-refractivity contribution in [3.63, 3.8) is 0 Å². The molecule has 9 nitrogen and oxygen atoms in total. The van der Waals surface area contributed by atoms with Crippen molar-refractivity contribution in [3.05, 3.63) is 114 Å². The van der Waals surface area contributed by atoms with Crippen LogP contribution < -0.4 is 21.7 Å². The van der Waals surface area contributed by atoms with Crippen LogP contribution in [0.15, 0.2) is 97.2 Å². The van der Waals surface area contributed by atoms with Crippen LogP contribution >= 0.6 is 0 Å². The number of nitrogens with zero attached hydrogens (tertiary/aromatic N) is 2. The third kappa shape index (κ3) is 5.30. The molecule has 0 spiro atoms. The minimum Gasteiger partial charge on any atom is -0.448 e. The number of hydrogen-bond donors (Lipinski definition) is 4. The molecule has 0 aliphatic carbocycles. The maximum absolute atomic E-state index is 12.5. The third-order valence-corrected chi connectivity index (χ3v) is 5.75. The van der Waals surface area contributed by atoms with Crippen LogP contribution in [0.25, 0.3) is 0 Å². The number of ether oxygens (including phenoxy) is 1. The molecule has 5 N–H and O–H groups in total. The van der Waals surface area contributed by atoms with Gasteiger partial charge in [-0.05, 0) is 16.7 Å². The number of nitrogens with one attached hydrogen (secondary N) is 3. The summed E-state index contributed by atoms with van der Waals surface area (Å²) in [6.45, 7) is 0.0831. The van der Waals surface area contributed by atoms with Gasteiger partial charge in [-0.15, -0.1) is 0 Å². The maximum atomic E-state index is 12.5. The van der Waals surface area contributed by atoms with Crippen LogP contribution in [-0.4, -0.2) is 35.1 Å². The predicted molar refractivity (Wildman–Crippen MR) is 139 cm³/mol. The number of hydrogen-bond acceptors (Lipinski definition) is 5. The molecule has 4 aromatic rings. The van der Waals surface area contributed by atoms with Gasteiger partial charge in [0.05, 0.1) is 12.7 Å². The van der Waals surface area contributed by atoms with Crippen LogP contribution in [0.2, 0.25) is 0 Å². The van der Waals surface area contributed by atoms with Crippen molar-refractivity contribution in [1.82, 2.24) is 15.1 Å². The van der Waals surface area contributed by atoms with Gasteiger partial charge in [0.1, 0.15) is 23.7 Å². The Morgan fingerprint density at radius 2 is 1.39 bits per heavy atom. The Bertz CT molecular complexity index is 1200. The molecule has 3 amide bonds. The smallest absolute Gasteiger partial charge is 0.404 e. The van der Waals surface area contributed by atoms with Gasteiger partial charge in [-0.25, -0.2) is 9.59 Å². The molecular formula is C27H28N6O3. The number of carbonyl (C=O) groups is 2. The van der Waals surface area contributed by atoms with E-state index in [1.54, 1.807) is 17.9 Å². The lowest BCUT2D eigenvalue weighted by molar-refractivity contribution is 0.157. The Balaban J connectivity index is 1.74. The van der Waals surface area contributed by atoms with E-state index >= 15 is 0 Å². The molecule has 9 heteroatoms. The Labute approximate surface area is 209 Å². The Kier molecular flexibility index (Phi) is 7.50. The predicted octanol–water partition coefficient (Wildman–Crippen LogP) is 4.04. The van der Waals surface area contributed by atoms with Gasteiger partial charge in [0, 0.05) is 7.05 Å². The van der Waals surface area contributed by atoms with Crippen molar-refractivity contribution in [3.8, 4) is 0 Å². The lowest BCUT2D eigenvalue weighted by Crippen LogP contribution is -2.39. The van der Waals surface area contributed by atoms with Crippen molar-refractivity contribution in [2.75, 3.05) is 23.8 Å². The summed E-state index contributed by atoms with van der Waals surface area (Å²) >= 11 is 0. The summed E-state index contributed by atoms with van der Waals surface area (Å²) in [7, 11) is 1.80. The van der Waals surface area contributed by atoms with Gasteiger partial charge in [0.15, 0.2) is 0 Å². The zero-order valence-corrected chi connectivity index (χ0v) is 19.8. The van der Waals surface area contributed by atoms with E-state index in [2.05, 4.69) is 62.2 Å². The first-order chi connectivity index (χ1) is 17.5. The van der Waals surface area contributed by atoms with Gasteiger partial charge in [0.25, 0.3) is 0 Å². The van der Waals surface area contributed by atoms with E-state index in [4.69, 9.17) is 5.73 Å². The minimum atomic E-state index is -0.893. The standard InChI is InChI=1S/C27H28N6O3/c1-33-24(23(19-30-33)31-26(35)29-17-18-36-25(28)34)32-27(20-11-5-2-6-12-20,21-13-7-3-8-14-21)22-15-9-4-10-16-22/h2-16,19,32H,17-18H2,1H3,(H2,28,34)(H2,29,31,35). The number of aryl methyl sites for hydroxylation is 1. The summed E-state index contributed by atoms with van der Waals surface area (Å²) in [4.78, 5) is 23.3. The molecule has 4 rings (SSSR count). The number of primary amides is 1. The maximum Gasteiger partial charge on any atom is 0.404 e. The summed E-state index contributed by atoms with van der Waals surface area (Å²) in [5.74, 6) is 0.607. The Morgan fingerprint density at radius 3 is 1.86 bits per heavy atom. The Morgan fingerprint density at radius 1 is 0.889 bits per heavy atom. The first-order valence-corrected chi connectivity index (χ1v) is 11.4. The molecule has 3 aromatic carbocycles. The molecule has 0 atom stereocenters. The average molecular weight is 485 g/mol. The molecule has 0 aliphatic heterocycles. The van der Waals surface area contributed by atoms with Gasteiger partial charge in [-0.2, -0.15) is 5.10 Å². The summed E-state index contributed by atoms with van der Waals surface area (Å²) in [5, 5.41) is 13.6. The highest BCUT2D eigenvalue weighted by Crippen LogP contribution is 2.41. The number of benzene rings is 3. The van der Waals surface area contributed by atoms with Crippen LogP contribution in [0.5, 0.6) is 0 Å². The molecule has 36 heavy (non-hydrogen) atoms. The van der Waals surface area contributed by atoms with Crippen LogP contribution in [-0.2, 0) is 17.3 Å². The fraction of sp³-hybridized carbons (Fsp3) is 0.148. The first-order valence-electron chi connectivity index (χ1n) is 11.4. The Hall–Kier alpha value is -4.79. The van der Waals surface area contributed by atoms with Crippen LogP contribution in [0.4, 0.5) is 21.1 Å². The highest BCUT2D eigenvalue weighted by Gasteiger charge is 2.37. The summed E-state index contributed by atoms with van der Waals surface area (Å²) in [6, 6.07) is 29.9. The summed E-state index contributed by atoms with van der Waals surface area (Å²) < 4.78 is 6.33. The molecule has 1 heterocycles. The molecule has 0 aliphatic rings. The SMILES string of the molecule is Cn1ncc(NC(=O)NCCOC(N)=O)c1NC(c1ccccc1)(c1ccccc1)c1ccccc1. The molecule has 0 unspecified atom stereocenters. The fourth-order valence-corrected chi connectivity index (χ4v) is 4.12. The topological polar surface area (TPSA) is 123 Å². The summed E-state index contributed by atoms with van der Waals surface area (Å²) in [6.07, 6.45) is 0.683. The molecule has 184 valence electrons. The highest BCUT2D eigenvalue weighted by atomic mass is 16.5. The zero-order valence-electron chi connectivity index (χ0n) is 19.8. The number of aromatic nitrogens is 2. The molecule has 0 fully saturated rings. The van der Waals surface area contributed by atoms with Gasteiger partial charge >= 0.3 is 12.1 Å². The number of urea groups is 1. The monoisotopic (exact) mass is 484 g/mol. The second-order valence-corrected chi connectivity index (χ2v) is 8.05. The summed E-state index contributed by atoms with van der Waals surface area (Å²) in [5.41, 5.74) is 7.69. The number of nitrogens with two attached hydrogens (primary N) is 1. The number of rotatable bonds is 9. The van der Waals surface area contributed by atoms with Crippen molar-refractivity contribution >= 4 is 23.6 Å². The molecule has 0 radical (unpaired) electrons. The lowest BCUT2D eigenvalue weighted by atomic mass is 9.77. The van der Waals surface area contributed by atoms with Crippen molar-refractivity contribution < 1.29 is 14.3 Å². The molecule has 0 bridgehead atoms. The highest BCUT2D eigenvalue weighted by molar-refractivity contribution is 5.92. The van der Waals surface area contributed by atoms with Crippen LogP contribution in [0.3, 0.4) is 0 Å². The number of amides is 3. The van der Waals surface area contributed by atoms with Gasteiger partial charge in [-0.3, -0.25) is 4.68 Å². The molecule has 0 saturated carbocycles. The molecular weight excluding hydrogens is 456 g/mol. The largest absolute Gasteiger partial charge is 0.448 e. The van der Waals surface area contributed by atoms with Gasteiger partial charge in [-0.1, -0.05) is 91.0 Å². The quantitative estimate of drug-likeness (QED) is 0.211. The van der Waals surface area contributed by atoms with Gasteiger partial charge < -0.3 is 26.4 Å². The van der Waals surface area contributed by atoms with E-state index in [0.717, 1.165) is 16.7 Å². The van der Waals surface area contributed by atoms with Crippen molar-refractivity contribution in [2.24, 2.45) is 12.8 Å². The number of carbonyl (C=O) groups excluding carboxylic acids is 2. The van der Waals surface area contributed by atoms with E-state index < -0.39 is 17.7 Å². The van der Waals surface area contributed by atoms with Crippen molar-refractivity contribution in [1.29, 1.82) is 0 Å². The second-order valence-electron chi connectivity index (χ2n) is 8.05. The minimum absolute atomic E-state index is 0.0277. The third-order valence-electron chi connectivity index (χ3n) is 5.75. The first kappa shape index (κ1) is 24.3. The van der Waals surface area contributed by atoms with Crippen molar-refractivity contribution in [2.45, 2.75) is 5.54 Å². The lowest BCUT2D eigenvalue weighted by Gasteiger charge is -2.38. The average Bonchev–Trinajstić information content (AvgIpc) is 3.24. The van der Waals surface area contributed by atoms with E-state index in [1.807, 2.05) is 54.6 Å². The molecule has 0 saturated heterocycles. The fourth-order valence-electron chi connectivity index (χ4n) is 4.12. The van der Waals surface area contributed by atoms with E-state index in [0.29, 0.717) is 11.5 Å². The zero-order chi connectivity index (χ0) is 25.4. The normalized spacial score (nSPS) is 10.9. The van der Waals surface area contributed by atoms with E-state index in [-0.39, 0.29) is 13.2 Å². The van der Waals surface area contributed by atoms with Gasteiger partial charge in [0.2, 0.25) is 0 Å². The van der Waals surface area contributed by atoms with Crippen LogP contribution in [0, 0.1) is 0 Å².